The molecule has 0 spiro atoms. The van der Waals surface area contributed by atoms with Gasteiger partial charge in [0.1, 0.15) is 0 Å². The molecule has 0 fully saturated rings. The Kier molecular flexibility index (Phi) is 29.2. The summed E-state index contributed by atoms with van der Waals surface area (Å²) in [5.74, 6) is 0. The summed E-state index contributed by atoms with van der Waals surface area (Å²) < 4.78 is 0. The molecule has 0 aliphatic rings. The lowest BCUT2D eigenvalue weighted by atomic mass is 10.0. The van der Waals surface area contributed by atoms with Gasteiger partial charge in [0.25, 0.3) is 0 Å². The molecule has 0 heterocycles. The van der Waals surface area contributed by atoms with E-state index in [-0.39, 0.29) is 12.7 Å². The fourth-order valence-electron chi connectivity index (χ4n) is 5.07. The average molecular weight is 515 g/mol. The number of hydrogen-bond donors (Lipinski definition) is 4. The smallest absolute Gasteiger partial charge is 0.0911 e. The van der Waals surface area contributed by atoms with E-state index in [0.29, 0.717) is 13.1 Å². The molecule has 0 aromatic carbocycles. The molecule has 0 saturated carbocycles. The molecule has 0 aliphatic carbocycles. The van der Waals surface area contributed by atoms with Crippen LogP contribution in [-0.4, -0.2) is 58.8 Å². The van der Waals surface area contributed by atoms with E-state index in [4.69, 9.17) is 5.11 Å². The normalized spacial score (nSPS) is 13.5. The highest BCUT2D eigenvalue weighted by atomic mass is 16.3. The van der Waals surface area contributed by atoms with Crippen LogP contribution in [0.15, 0.2) is 0 Å². The van der Waals surface area contributed by atoms with Crippen LogP contribution in [-0.2, 0) is 0 Å². The van der Waals surface area contributed by atoms with Gasteiger partial charge in [0.05, 0.1) is 18.8 Å². The van der Waals surface area contributed by atoms with Crippen LogP contribution in [0.5, 0.6) is 0 Å². The van der Waals surface area contributed by atoms with Crippen LogP contribution in [0.2, 0.25) is 0 Å². The Morgan fingerprint density at radius 1 is 0.500 bits per heavy atom. The third-order valence-corrected chi connectivity index (χ3v) is 7.35. The summed E-state index contributed by atoms with van der Waals surface area (Å²) in [7, 11) is 0. The van der Waals surface area contributed by atoms with Crippen LogP contribution in [0.1, 0.15) is 162 Å². The molecule has 0 rings (SSSR count). The number of nitrogens with one attached hydrogen (secondary N) is 1. The maximum Gasteiger partial charge on any atom is 0.0911 e. The minimum absolute atomic E-state index is 0.253. The fraction of sp³-hybridized carbons (Fsp3) is 1.00. The van der Waals surface area contributed by atoms with Gasteiger partial charge in [-0.1, -0.05) is 155 Å². The highest BCUT2D eigenvalue weighted by Gasteiger charge is 2.14. The highest BCUT2D eigenvalue weighted by molar-refractivity contribution is 4.66. The summed E-state index contributed by atoms with van der Waals surface area (Å²) in [6.07, 6.45) is 30.2. The van der Waals surface area contributed by atoms with Crippen molar-refractivity contribution in [1.29, 1.82) is 0 Å². The van der Waals surface area contributed by atoms with E-state index in [2.05, 4.69) is 12.3 Å². The summed E-state index contributed by atoms with van der Waals surface area (Å²) in [5.41, 5.74) is 3.15. The predicted molar refractivity (Wildman–Crippen MR) is 156 cm³/mol. The van der Waals surface area contributed by atoms with Crippen LogP contribution < -0.4 is 5.43 Å². The largest absolute Gasteiger partial charge is 0.394 e. The topological polar surface area (TPSA) is 76.0 Å². The van der Waals surface area contributed by atoms with E-state index < -0.39 is 6.10 Å². The number of nitrogens with zero attached hydrogens (tertiary/aromatic N) is 1. The zero-order chi connectivity index (χ0) is 26.5. The zero-order valence-electron chi connectivity index (χ0n) is 24.5. The predicted octanol–water partition coefficient (Wildman–Crippen LogP) is 7.52. The number of hydrazine groups is 1. The minimum Gasteiger partial charge on any atom is -0.394 e. The van der Waals surface area contributed by atoms with Crippen LogP contribution in [0.4, 0.5) is 0 Å². The Morgan fingerprint density at radius 3 is 1.17 bits per heavy atom. The van der Waals surface area contributed by atoms with Crippen molar-refractivity contribution in [3.8, 4) is 0 Å². The summed E-state index contributed by atoms with van der Waals surface area (Å²) >= 11 is 0. The lowest BCUT2D eigenvalue weighted by Crippen LogP contribution is -2.47. The Balaban J connectivity index is 3.30. The Morgan fingerprint density at radius 2 is 0.833 bits per heavy atom. The van der Waals surface area contributed by atoms with Gasteiger partial charge in [-0.25, -0.2) is 5.01 Å². The average Bonchev–Trinajstić information content (AvgIpc) is 2.87. The van der Waals surface area contributed by atoms with Crippen LogP contribution in [0.25, 0.3) is 0 Å². The summed E-state index contributed by atoms with van der Waals surface area (Å²) in [6, 6.07) is 0. The van der Waals surface area contributed by atoms with Gasteiger partial charge in [0.2, 0.25) is 0 Å². The molecule has 36 heavy (non-hydrogen) atoms. The van der Waals surface area contributed by atoms with Crippen LogP contribution in [0, 0.1) is 0 Å². The third kappa shape index (κ3) is 26.9. The first kappa shape index (κ1) is 35.8. The van der Waals surface area contributed by atoms with Crippen molar-refractivity contribution in [3.63, 3.8) is 0 Å². The highest BCUT2D eigenvalue weighted by Crippen LogP contribution is 2.15. The van der Waals surface area contributed by atoms with E-state index in [9.17, 15) is 10.2 Å². The number of rotatable bonds is 30. The number of unbranched alkanes of at least 4 members (excludes halogenated alkanes) is 21. The van der Waals surface area contributed by atoms with Gasteiger partial charge in [-0.2, -0.15) is 0 Å². The first-order valence-electron chi connectivity index (χ1n) is 16.1. The number of hydrogen-bond acceptors (Lipinski definition) is 5. The molecule has 0 aromatic rings. The second-order valence-corrected chi connectivity index (χ2v) is 11.1. The lowest BCUT2D eigenvalue weighted by Gasteiger charge is -2.27. The zero-order valence-corrected chi connectivity index (χ0v) is 24.5. The monoisotopic (exact) mass is 515 g/mol. The molecular weight excluding hydrogens is 448 g/mol. The van der Waals surface area contributed by atoms with Crippen LogP contribution in [0.3, 0.4) is 0 Å². The molecule has 0 amide bonds. The van der Waals surface area contributed by atoms with Gasteiger partial charge in [-0.15, -0.1) is 0 Å². The fourth-order valence-corrected chi connectivity index (χ4v) is 5.07. The lowest BCUT2D eigenvalue weighted by molar-refractivity contribution is 0.0159. The van der Waals surface area contributed by atoms with Crippen molar-refractivity contribution in [2.75, 3.05) is 26.2 Å². The molecule has 2 atom stereocenters. The van der Waals surface area contributed by atoms with E-state index in [1.165, 1.54) is 135 Å². The van der Waals surface area contributed by atoms with Crippen molar-refractivity contribution in [3.05, 3.63) is 0 Å². The van der Waals surface area contributed by atoms with Crippen molar-refractivity contribution in [2.45, 2.75) is 174 Å². The number of aliphatic hydroxyl groups is 3. The van der Waals surface area contributed by atoms with Gasteiger partial charge in [0, 0.05) is 19.6 Å². The molecule has 0 aliphatic heterocycles. The van der Waals surface area contributed by atoms with Crippen molar-refractivity contribution < 1.29 is 15.3 Å². The van der Waals surface area contributed by atoms with Gasteiger partial charge in [-0.05, 0) is 6.42 Å². The van der Waals surface area contributed by atoms with E-state index >= 15 is 0 Å². The molecule has 0 saturated heterocycles. The molecule has 0 bridgehead atoms. The van der Waals surface area contributed by atoms with E-state index in [0.717, 1.165) is 19.4 Å². The van der Waals surface area contributed by atoms with Crippen molar-refractivity contribution >= 4 is 0 Å². The molecular formula is C31H66N2O3. The Labute approximate surface area is 225 Å². The molecule has 5 nitrogen and oxygen atoms in total. The summed E-state index contributed by atoms with van der Waals surface area (Å²) in [5, 5.41) is 30.7. The maximum absolute atomic E-state index is 10.3. The van der Waals surface area contributed by atoms with Gasteiger partial charge in [0.15, 0.2) is 0 Å². The van der Waals surface area contributed by atoms with E-state index in [1.54, 1.807) is 0 Å². The second kappa shape index (κ2) is 29.4. The SMILES string of the molecule is CCCCCCCCCCCCCCCCCCCCCCCCC(O)CN(CC(O)CO)NCC. The van der Waals surface area contributed by atoms with Gasteiger partial charge < -0.3 is 15.3 Å². The molecule has 0 aromatic heterocycles. The van der Waals surface area contributed by atoms with Gasteiger partial charge in [-0.3, -0.25) is 5.43 Å². The van der Waals surface area contributed by atoms with Crippen LogP contribution >= 0.6 is 0 Å². The quantitative estimate of drug-likeness (QED) is 0.0589. The Bertz CT molecular complexity index is 411. The third-order valence-electron chi connectivity index (χ3n) is 7.35. The van der Waals surface area contributed by atoms with Crippen molar-refractivity contribution in [2.24, 2.45) is 0 Å². The molecule has 5 heteroatoms. The van der Waals surface area contributed by atoms with E-state index in [1.807, 2.05) is 11.9 Å². The Hall–Kier alpha value is -0.200. The summed E-state index contributed by atoms with van der Waals surface area (Å²) in [6.45, 7) is 5.59. The molecule has 0 radical (unpaired) electrons. The van der Waals surface area contributed by atoms with Gasteiger partial charge >= 0.3 is 0 Å². The van der Waals surface area contributed by atoms with Crippen molar-refractivity contribution in [1.82, 2.24) is 10.4 Å². The minimum atomic E-state index is -0.773. The second-order valence-electron chi connectivity index (χ2n) is 11.1. The first-order valence-corrected chi connectivity index (χ1v) is 16.1. The standard InChI is InChI=1S/C31H66N2O3/c1-3-5-6-7-8-9-10-11-12-13-14-15-16-17-18-19-20-21-22-23-24-25-26-30(35)27-33(32-4-2)28-31(36)29-34/h30-32,34-36H,3-29H2,1-2H3. The number of aliphatic hydroxyl groups excluding tert-OH is 3. The molecule has 2 unspecified atom stereocenters. The first-order chi connectivity index (χ1) is 17.6. The molecule has 218 valence electrons. The maximum atomic E-state index is 10.3. The molecule has 4 N–H and O–H groups in total. The summed E-state index contributed by atoms with van der Waals surface area (Å²) in [4.78, 5) is 0.